The predicted octanol–water partition coefficient (Wildman–Crippen LogP) is 5.65. The Balaban J connectivity index is 1.92. The molecule has 0 unspecified atom stereocenters. The van der Waals surface area contributed by atoms with E-state index in [0.29, 0.717) is 28.0 Å². The van der Waals surface area contributed by atoms with Crippen molar-refractivity contribution in [2.75, 3.05) is 6.54 Å². The van der Waals surface area contributed by atoms with E-state index >= 15 is 0 Å². The summed E-state index contributed by atoms with van der Waals surface area (Å²) in [6, 6.07) is 11.1. The number of carbonyl (C=O) groups excluding carboxylic acids is 1. The lowest BCUT2D eigenvalue weighted by molar-refractivity contribution is 0.0953. The number of rotatable bonds is 4. The number of unbranched alkanes of at least 4 members (excludes halogenated alkanes) is 1. The molecule has 0 saturated carbocycles. The highest BCUT2D eigenvalue weighted by Crippen LogP contribution is 2.41. The lowest BCUT2D eigenvalue weighted by Gasteiger charge is -2.08. The molecule has 0 aromatic heterocycles. The number of aliphatic imine (C=N–C) groups is 1. The van der Waals surface area contributed by atoms with E-state index in [1.54, 1.807) is 23.9 Å². The van der Waals surface area contributed by atoms with Crippen LogP contribution in [0.15, 0.2) is 51.2 Å². The highest BCUT2D eigenvalue weighted by Gasteiger charge is 2.18. The van der Waals surface area contributed by atoms with E-state index in [1.807, 2.05) is 24.3 Å². The Bertz CT molecular complexity index is 821. The second kappa shape index (κ2) is 7.60. The largest absolute Gasteiger partial charge is 0.352 e. The zero-order chi connectivity index (χ0) is 17.1. The summed E-state index contributed by atoms with van der Waals surface area (Å²) < 4.78 is 0. The second-order valence-electron chi connectivity index (χ2n) is 5.44. The molecule has 124 valence electrons. The topological polar surface area (TPSA) is 41.5 Å². The maximum atomic E-state index is 12.2. The fourth-order valence-electron chi connectivity index (χ4n) is 2.35. The quantitative estimate of drug-likeness (QED) is 0.698. The van der Waals surface area contributed by atoms with Gasteiger partial charge in [-0.1, -0.05) is 48.3 Å². The first-order valence-electron chi connectivity index (χ1n) is 7.72. The Morgan fingerprint density at radius 2 is 1.96 bits per heavy atom. The summed E-state index contributed by atoms with van der Waals surface area (Å²) in [6.45, 7) is 2.77. The first-order valence-corrected chi connectivity index (χ1v) is 9.30. The van der Waals surface area contributed by atoms with Crippen LogP contribution < -0.4 is 5.32 Å². The van der Waals surface area contributed by atoms with Crippen LogP contribution in [0.1, 0.15) is 35.7 Å². The summed E-state index contributed by atoms with van der Waals surface area (Å²) in [5.41, 5.74) is 2.09. The average Bonchev–Trinajstić information content (AvgIpc) is 2.70. The first-order chi connectivity index (χ1) is 11.6. The van der Waals surface area contributed by atoms with Gasteiger partial charge in [0.05, 0.1) is 5.69 Å². The van der Waals surface area contributed by atoms with Gasteiger partial charge in [0.15, 0.2) is 0 Å². The number of halogens is 2. The summed E-state index contributed by atoms with van der Waals surface area (Å²) >= 11 is 14.0. The van der Waals surface area contributed by atoms with Crippen LogP contribution >= 0.6 is 35.0 Å². The highest BCUT2D eigenvalue weighted by atomic mass is 35.5. The van der Waals surface area contributed by atoms with Crippen LogP contribution in [-0.4, -0.2) is 17.6 Å². The summed E-state index contributed by atoms with van der Waals surface area (Å²) in [5.74, 6) is -0.0904. The molecule has 0 fully saturated rings. The van der Waals surface area contributed by atoms with Crippen LogP contribution in [0.25, 0.3) is 0 Å². The second-order valence-corrected chi connectivity index (χ2v) is 7.32. The fourth-order valence-corrected chi connectivity index (χ4v) is 3.81. The molecule has 1 amide bonds. The molecule has 1 heterocycles. The van der Waals surface area contributed by atoms with Crippen molar-refractivity contribution >= 4 is 51.7 Å². The fraction of sp³-hybridized carbons (Fsp3) is 0.222. The Labute approximate surface area is 155 Å². The average molecular weight is 379 g/mol. The number of fused-ring (bicyclic) bond motifs is 2. The van der Waals surface area contributed by atoms with E-state index in [-0.39, 0.29) is 5.91 Å². The third-order valence-corrected chi connectivity index (χ3v) is 5.30. The number of carbonyl (C=O) groups is 1. The van der Waals surface area contributed by atoms with Crippen LogP contribution in [0.5, 0.6) is 0 Å². The SMILES string of the molecule is CCCCNC(=O)c1ccc2c(c1)N=C(Cl)c1cc(Cl)ccc1S2. The van der Waals surface area contributed by atoms with Gasteiger partial charge in [0.1, 0.15) is 5.17 Å². The van der Waals surface area contributed by atoms with E-state index in [9.17, 15) is 4.79 Å². The van der Waals surface area contributed by atoms with Gasteiger partial charge < -0.3 is 5.32 Å². The predicted molar refractivity (Wildman–Crippen MR) is 101 cm³/mol. The Morgan fingerprint density at radius 1 is 1.17 bits per heavy atom. The van der Waals surface area contributed by atoms with Gasteiger partial charge in [-0.2, -0.15) is 0 Å². The maximum Gasteiger partial charge on any atom is 0.251 e. The summed E-state index contributed by atoms with van der Waals surface area (Å²) in [7, 11) is 0. The Morgan fingerprint density at radius 3 is 2.75 bits per heavy atom. The van der Waals surface area contributed by atoms with E-state index < -0.39 is 0 Å². The number of amides is 1. The van der Waals surface area contributed by atoms with Crippen molar-refractivity contribution < 1.29 is 4.79 Å². The zero-order valence-electron chi connectivity index (χ0n) is 13.1. The van der Waals surface area contributed by atoms with Crippen molar-refractivity contribution in [2.45, 2.75) is 29.6 Å². The van der Waals surface area contributed by atoms with Crippen molar-refractivity contribution in [1.82, 2.24) is 5.32 Å². The van der Waals surface area contributed by atoms with Gasteiger partial charge in [0, 0.05) is 32.5 Å². The van der Waals surface area contributed by atoms with Crippen LogP contribution in [0.4, 0.5) is 5.69 Å². The summed E-state index contributed by atoms with van der Waals surface area (Å²) in [4.78, 5) is 18.7. The monoisotopic (exact) mass is 378 g/mol. The van der Waals surface area contributed by atoms with Gasteiger partial charge in [-0.25, -0.2) is 4.99 Å². The van der Waals surface area contributed by atoms with Crippen molar-refractivity contribution in [3.8, 4) is 0 Å². The van der Waals surface area contributed by atoms with E-state index in [1.165, 1.54) is 0 Å². The Kier molecular flexibility index (Phi) is 5.49. The van der Waals surface area contributed by atoms with Gasteiger partial charge in [0.25, 0.3) is 5.91 Å². The summed E-state index contributed by atoms with van der Waals surface area (Å²) in [5, 5.41) is 3.91. The molecular formula is C18H16Cl2N2OS. The summed E-state index contributed by atoms with van der Waals surface area (Å²) in [6.07, 6.45) is 2.01. The van der Waals surface area contributed by atoms with E-state index in [2.05, 4.69) is 17.2 Å². The molecule has 0 aliphatic carbocycles. The molecule has 0 saturated heterocycles. The Hall–Kier alpha value is -1.49. The number of nitrogens with zero attached hydrogens (tertiary/aromatic N) is 1. The van der Waals surface area contributed by atoms with Crippen LogP contribution in [0.3, 0.4) is 0 Å². The van der Waals surface area contributed by atoms with Crippen molar-refractivity contribution in [3.05, 3.63) is 52.5 Å². The molecule has 6 heteroatoms. The number of hydrogen-bond donors (Lipinski definition) is 1. The number of nitrogens with one attached hydrogen (secondary N) is 1. The minimum absolute atomic E-state index is 0.0904. The number of benzene rings is 2. The maximum absolute atomic E-state index is 12.2. The van der Waals surface area contributed by atoms with Crippen molar-refractivity contribution in [3.63, 3.8) is 0 Å². The molecular weight excluding hydrogens is 363 g/mol. The van der Waals surface area contributed by atoms with Crippen LogP contribution in [0, 0.1) is 0 Å². The van der Waals surface area contributed by atoms with Gasteiger partial charge >= 0.3 is 0 Å². The molecule has 0 radical (unpaired) electrons. The molecule has 3 rings (SSSR count). The molecule has 3 nitrogen and oxygen atoms in total. The smallest absolute Gasteiger partial charge is 0.251 e. The lowest BCUT2D eigenvalue weighted by Crippen LogP contribution is -2.24. The minimum Gasteiger partial charge on any atom is -0.352 e. The molecule has 1 N–H and O–H groups in total. The zero-order valence-corrected chi connectivity index (χ0v) is 15.4. The molecule has 0 atom stereocenters. The number of hydrogen-bond acceptors (Lipinski definition) is 3. The molecule has 0 bridgehead atoms. The lowest BCUT2D eigenvalue weighted by atomic mass is 10.2. The van der Waals surface area contributed by atoms with Crippen LogP contribution in [-0.2, 0) is 0 Å². The minimum atomic E-state index is -0.0904. The molecule has 24 heavy (non-hydrogen) atoms. The van der Waals surface area contributed by atoms with E-state index in [4.69, 9.17) is 23.2 Å². The highest BCUT2D eigenvalue weighted by molar-refractivity contribution is 7.99. The third kappa shape index (κ3) is 3.77. The van der Waals surface area contributed by atoms with E-state index in [0.717, 1.165) is 28.2 Å². The first kappa shape index (κ1) is 17.3. The normalized spacial score (nSPS) is 12.7. The molecule has 2 aromatic rings. The van der Waals surface area contributed by atoms with Gasteiger partial charge in [0.2, 0.25) is 0 Å². The van der Waals surface area contributed by atoms with Crippen molar-refractivity contribution in [1.29, 1.82) is 0 Å². The molecule has 1 aliphatic heterocycles. The van der Waals surface area contributed by atoms with Crippen molar-refractivity contribution in [2.24, 2.45) is 4.99 Å². The molecule has 1 aliphatic rings. The van der Waals surface area contributed by atoms with Crippen LogP contribution in [0.2, 0.25) is 5.02 Å². The van der Waals surface area contributed by atoms with Gasteiger partial charge in [-0.3, -0.25) is 4.79 Å². The third-order valence-electron chi connectivity index (χ3n) is 3.64. The molecule has 0 spiro atoms. The molecule has 2 aromatic carbocycles. The standard InChI is InChI=1S/C18H16Cl2N2OS/c1-2-3-8-21-18(23)11-4-6-16-14(9-11)22-17(20)13-10-12(19)5-7-15(13)24-16/h4-7,9-10H,2-3,8H2,1H3,(H,21,23). The van der Waals surface area contributed by atoms with Gasteiger partial charge in [-0.05, 0) is 42.8 Å². The van der Waals surface area contributed by atoms with Gasteiger partial charge in [-0.15, -0.1) is 0 Å².